The molecule has 31 heavy (non-hydrogen) atoms. The SMILES string of the molecule is COC(=O)CC1CCN(C(=O)CC[C@@H]2NC(=O)N(Cc3ccccc3OC)C2=O)CC1. The van der Waals surface area contributed by atoms with Gasteiger partial charge in [-0.15, -0.1) is 0 Å². The number of methoxy groups -OCH3 is 2. The van der Waals surface area contributed by atoms with Gasteiger partial charge in [0.05, 0.1) is 20.8 Å². The van der Waals surface area contributed by atoms with Gasteiger partial charge < -0.3 is 19.7 Å². The minimum absolute atomic E-state index is 0.0401. The lowest BCUT2D eigenvalue weighted by Gasteiger charge is -2.31. The van der Waals surface area contributed by atoms with Crippen molar-refractivity contribution >= 4 is 23.8 Å². The van der Waals surface area contributed by atoms with Crippen molar-refractivity contribution in [1.82, 2.24) is 15.1 Å². The van der Waals surface area contributed by atoms with E-state index in [4.69, 9.17) is 9.47 Å². The molecule has 2 saturated heterocycles. The van der Waals surface area contributed by atoms with Gasteiger partial charge in [-0.25, -0.2) is 4.79 Å². The molecule has 0 bridgehead atoms. The van der Waals surface area contributed by atoms with Crippen LogP contribution in [-0.4, -0.2) is 67.0 Å². The van der Waals surface area contributed by atoms with Gasteiger partial charge in [-0.2, -0.15) is 0 Å². The number of urea groups is 1. The summed E-state index contributed by atoms with van der Waals surface area (Å²) >= 11 is 0. The molecule has 0 radical (unpaired) electrons. The molecule has 1 N–H and O–H groups in total. The average Bonchev–Trinajstić information content (AvgIpc) is 3.05. The van der Waals surface area contributed by atoms with E-state index in [-0.39, 0.29) is 43.1 Å². The monoisotopic (exact) mass is 431 g/mol. The summed E-state index contributed by atoms with van der Waals surface area (Å²) in [5.74, 6) is 0.244. The number of para-hydroxylation sites is 1. The number of likely N-dealkylation sites (tertiary alicyclic amines) is 1. The molecular formula is C22H29N3O6. The third kappa shape index (κ3) is 5.53. The number of rotatable bonds is 8. The molecule has 3 rings (SSSR count). The number of carbonyl (C=O) groups excluding carboxylic acids is 4. The second kappa shape index (κ2) is 10.3. The normalized spacial score (nSPS) is 19.4. The molecule has 2 aliphatic heterocycles. The highest BCUT2D eigenvalue weighted by atomic mass is 16.5. The fraction of sp³-hybridized carbons (Fsp3) is 0.545. The first-order valence-corrected chi connectivity index (χ1v) is 10.5. The molecule has 2 aliphatic rings. The quantitative estimate of drug-likeness (QED) is 0.496. The van der Waals surface area contributed by atoms with Crippen LogP contribution in [0.2, 0.25) is 0 Å². The van der Waals surface area contributed by atoms with Crippen molar-refractivity contribution in [2.75, 3.05) is 27.3 Å². The molecule has 1 aromatic carbocycles. The van der Waals surface area contributed by atoms with Gasteiger partial charge in [0.25, 0.3) is 5.91 Å². The number of nitrogens with one attached hydrogen (secondary N) is 1. The number of hydrogen-bond acceptors (Lipinski definition) is 6. The summed E-state index contributed by atoms with van der Waals surface area (Å²) in [6.45, 7) is 1.30. The van der Waals surface area contributed by atoms with Gasteiger partial charge in [0, 0.05) is 31.5 Å². The third-order valence-corrected chi connectivity index (χ3v) is 5.93. The van der Waals surface area contributed by atoms with Crippen LogP contribution >= 0.6 is 0 Å². The Labute approximate surface area is 181 Å². The Bertz CT molecular complexity index is 834. The number of piperidine rings is 1. The average molecular weight is 431 g/mol. The molecular weight excluding hydrogens is 402 g/mol. The number of esters is 1. The Balaban J connectivity index is 1.48. The molecule has 0 spiro atoms. The molecule has 9 nitrogen and oxygen atoms in total. The van der Waals surface area contributed by atoms with Crippen LogP contribution in [0.3, 0.4) is 0 Å². The molecule has 2 heterocycles. The molecule has 0 aliphatic carbocycles. The highest BCUT2D eigenvalue weighted by Crippen LogP contribution is 2.24. The van der Waals surface area contributed by atoms with Crippen molar-refractivity contribution in [3.63, 3.8) is 0 Å². The van der Waals surface area contributed by atoms with Gasteiger partial charge in [-0.05, 0) is 31.2 Å². The van der Waals surface area contributed by atoms with Crippen molar-refractivity contribution in [3.8, 4) is 5.75 Å². The van der Waals surface area contributed by atoms with Crippen LogP contribution in [0.4, 0.5) is 4.79 Å². The molecule has 9 heteroatoms. The Morgan fingerprint density at radius 1 is 1.13 bits per heavy atom. The second-order valence-electron chi connectivity index (χ2n) is 7.88. The standard InChI is InChI=1S/C22H29N3O6/c1-30-18-6-4-3-5-16(18)14-25-21(28)17(23-22(25)29)7-8-19(26)24-11-9-15(10-12-24)13-20(27)31-2/h3-6,15,17H,7-14H2,1-2H3,(H,23,29)/t17-/m0/s1. The Morgan fingerprint density at radius 2 is 1.84 bits per heavy atom. The number of nitrogens with zero attached hydrogens (tertiary/aromatic N) is 2. The van der Waals surface area contributed by atoms with Crippen molar-refractivity contribution in [3.05, 3.63) is 29.8 Å². The maximum Gasteiger partial charge on any atom is 0.325 e. The fourth-order valence-corrected chi connectivity index (χ4v) is 4.06. The molecule has 0 aromatic heterocycles. The van der Waals surface area contributed by atoms with Gasteiger partial charge in [-0.1, -0.05) is 18.2 Å². The van der Waals surface area contributed by atoms with Crippen molar-refractivity contribution in [1.29, 1.82) is 0 Å². The molecule has 1 aromatic rings. The van der Waals surface area contributed by atoms with E-state index in [0.29, 0.717) is 25.3 Å². The highest BCUT2D eigenvalue weighted by Gasteiger charge is 2.38. The first-order valence-electron chi connectivity index (χ1n) is 10.5. The summed E-state index contributed by atoms with van der Waals surface area (Å²) in [5.41, 5.74) is 0.736. The number of carbonyl (C=O) groups is 4. The summed E-state index contributed by atoms with van der Waals surface area (Å²) in [7, 11) is 2.92. The summed E-state index contributed by atoms with van der Waals surface area (Å²) in [4.78, 5) is 51.9. The Morgan fingerprint density at radius 3 is 2.52 bits per heavy atom. The van der Waals surface area contributed by atoms with E-state index in [2.05, 4.69) is 5.32 Å². The van der Waals surface area contributed by atoms with Crippen molar-refractivity contribution < 1.29 is 28.7 Å². The van der Waals surface area contributed by atoms with Gasteiger partial charge in [0.15, 0.2) is 0 Å². The largest absolute Gasteiger partial charge is 0.496 e. The van der Waals surface area contributed by atoms with Crippen LogP contribution in [-0.2, 0) is 25.7 Å². The molecule has 0 saturated carbocycles. The van der Waals surface area contributed by atoms with E-state index in [9.17, 15) is 19.2 Å². The highest BCUT2D eigenvalue weighted by molar-refractivity contribution is 6.04. The zero-order valence-electron chi connectivity index (χ0n) is 18.0. The Hall–Kier alpha value is -3.10. The van der Waals surface area contributed by atoms with Gasteiger partial charge in [0.2, 0.25) is 5.91 Å². The molecule has 1 atom stereocenters. The second-order valence-corrected chi connectivity index (χ2v) is 7.88. The number of ether oxygens (including phenoxy) is 2. The zero-order chi connectivity index (χ0) is 22.4. The molecule has 4 amide bonds. The maximum absolute atomic E-state index is 12.7. The van der Waals surface area contributed by atoms with E-state index in [1.165, 1.54) is 14.2 Å². The van der Waals surface area contributed by atoms with E-state index in [1.807, 2.05) is 12.1 Å². The van der Waals surface area contributed by atoms with Crippen LogP contribution < -0.4 is 10.1 Å². The van der Waals surface area contributed by atoms with E-state index < -0.39 is 12.1 Å². The van der Waals surface area contributed by atoms with E-state index in [0.717, 1.165) is 23.3 Å². The molecule has 0 unspecified atom stereocenters. The van der Waals surface area contributed by atoms with Crippen LogP contribution in [0.15, 0.2) is 24.3 Å². The lowest BCUT2D eigenvalue weighted by atomic mass is 9.93. The van der Waals surface area contributed by atoms with E-state index >= 15 is 0 Å². The predicted molar refractivity (Wildman–Crippen MR) is 111 cm³/mol. The van der Waals surface area contributed by atoms with Crippen LogP contribution in [0.5, 0.6) is 5.75 Å². The van der Waals surface area contributed by atoms with Crippen molar-refractivity contribution in [2.45, 2.75) is 44.7 Å². The first-order chi connectivity index (χ1) is 14.9. The minimum atomic E-state index is -0.706. The van der Waals surface area contributed by atoms with Crippen LogP contribution in [0.1, 0.15) is 37.7 Å². The summed E-state index contributed by atoms with van der Waals surface area (Å²) in [6, 6.07) is 6.06. The summed E-state index contributed by atoms with van der Waals surface area (Å²) in [5, 5.41) is 2.68. The number of imide groups is 1. The lowest BCUT2D eigenvalue weighted by molar-refractivity contribution is -0.142. The van der Waals surface area contributed by atoms with Crippen LogP contribution in [0, 0.1) is 5.92 Å². The summed E-state index contributed by atoms with van der Waals surface area (Å²) < 4.78 is 9.99. The first kappa shape index (κ1) is 22.6. The van der Waals surface area contributed by atoms with Gasteiger partial charge in [0.1, 0.15) is 11.8 Å². The number of amides is 4. The summed E-state index contributed by atoms with van der Waals surface area (Å²) in [6.07, 6.45) is 2.33. The predicted octanol–water partition coefficient (Wildman–Crippen LogP) is 1.70. The van der Waals surface area contributed by atoms with Crippen molar-refractivity contribution in [2.24, 2.45) is 5.92 Å². The molecule has 2 fully saturated rings. The van der Waals surface area contributed by atoms with E-state index in [1.54, 1.807) is 17.0 Å². The number of hydrogen-bond donors (Lipinski definition) is 1. The zero-order valence-corrected chi connectivity index (χ0v) is 18.0. The minimum Gasteiger partial charge on any atom is -0.496 e. The smallest absolute Gasteiger partial charge is 0.325 e. The van der Waals surface area contributed by atoms with Crippen LogP contribution in [0.25, 0.3) is 0 Å². The Kier molecular flexibility index (Phi) is 7.49. The van der Waals surface area contributed by atoms with Gasteiger partial charge >= 0.3 is 12.0 Å². The topological polar surface area (TPSA) is 105 Å². The maximum atomic E-state index is 12.7. The van der Waals surface area contributed by atoms with Gasteiger partial charge in [-0.3, -0.25) is 19.3 Å². The molecule has 168 valence electrons. The lowest BCUT2D eigenvalue weighted by Crippen LogP contribution is -2.40. The fourth-order valence-electron chi connectivity index (χ4n) is 4.06. The number of benzene rings is 1. The third-order valence-electron chi connectivity index (χ3n) is 5.93.